The fourth-order valence-electron chi connectivity index (χ4n) is 6.12. The first-order chi connectivity index (χ1) is 15.3. The molecule has 2 saturated carbocycles. The molecule has 2 fully saturated rings. The van der Waals surface area contributed by atoms with Gasteiger partial charge >= 0.3 is 0 Å². The number of hydrogen-bond donors (Lipinski definition) is 0. The molecule has 0 saturated heterocycles. The first kappa shape index (κ1) is 22.6. The van der Waals surface area contributed by atoms with E-state index in [9.17, 15) is 0 Å². The highest BCUT2D eigenvalue weighted by Gasteiger charge is 2.23. The van der Waals surface area contributed by atoms with E-state index < -0.39 is 0 Å². The maximum atomic E-state index is 4.87. The number of benzene rings is 1. The van der Waals surface area contributed by atoms with E-state index in [1.807, 2.05) is 0 Å². The van der Waals surface area contributed by atoms with Gasteiger partial charge in [-0.25, -0.2) is 0 Å². The Morgan fingerprint density at radius 3 is 1.87 bits per heavy atom. The topological polar surface area (TPSA) is 12.9 Å². The van der Waals surface area contributed by atoms with Crippen molar-refractivity contribution >= 4 is 0 Å². The number of pyridine rings is 1. The van der Waals surface area contributed by atoms with Gasteiger partial charge in [0.15, 0.2) is 0 Å². The van der Waals surface area contributed by atoms with Gasteiger partial charge in [0.2, 0.25) is 0 Å². The Kier molecular flexibility index (Phi) is 8.22. The van der Waals surface area contributed by atoms with Crippen molar-refractivity contribution in [3.05, 3.63) is 53.7 Å². The van der Waals surface area contributed by atoms with Crippen LogP contribution in [0, 0.1) is 11.8 Å². The van der Waals surface area contributed by atoms with E-state index in [0.29, 0.717) is 0 Å². The molecule has 168 valence electrons. The molecule has 0 atom stereocenters. The molecule has 1 heteroatoms. The number of nitrogens with zero attached hydrogens (tertiary/aromatic N) is 1. The average Bonchev–Trinajstić information content (AvgIpc) is 2.85. The Hall–Kier alpha value is -1.63. The van der Waals surface area contributed by atoms with E-state index in [4.69, 9.17) is 4.98 Å². The molecule has 2 aromatic rings. The largest absolute Gasteiger partial charge is 0.256 e. The Morgan fingerprint density at radius 2 is 1.29 bits per heavy atom. The van der Waals surface area contributed by atoms with Crippen LogP contribution in [-0.4, -0.2) is 4.98 Å². The SMILES string of the molecule is CCCCCC1CCC(c2ccc(-c3ccc(C4CCC(CC)CC4)cc3)nc2)CC1. The quantitative estimate of drug-likeness (QED) is 0.390. The second kappa shape index (κ2) is 11.3. The van der Waals surface area contributed by atoms with Crippen molar-refractivity contribution in [1.29, 1.82) is 0 Å². The average molecular weight is 418 g/mol. The van der Waals surface area contributed by atoms with Gasteiger partial charge in [0, 0.05) is 11.8 Å². The summed E-state index contributed by atoms with van der Waals surface area (Å²) in [5, 5.41) is 0. The molecule has 2 aliphatic rings. The molecular formula is C30H43N. The van der Waals surface area contributed by atoms with Gasteiger partial charge in [-0.1, -0.05) is 76.3 Å². The normalized spacial score (nSPS) is 26.6. The molecule has 1 heterocycles. The molecule has 0 amide bonds. The predicted molar refractivity (Wildman–Crippen MR) is 134 cm³/mol. The zero-order valence-electron chi connectivity index (χ0n) is 20.0. The number of hydrogen-bond acceptors (Lipinski definition) is 1. The first-order valence-electron chi connectivity index (χ1n) is 13.3. The summed E-state index contributed by atoms with van der Waals surface area (Å²) in [4.78, 5) is 4.87. The molecule has 0 aliphatic heterocycles. The molecule has 0 bridgehead atoms. The Labute approximate surface area is 191 Å². The van der Waals surface area contributed by atoms with Crippen LogP contribution in [0.5, 0.6) is 0 Å². The second-order valence-corrected chi connectivity index (χ2v) is 10.4. The third-order valence-electron chi connectivity index (χ3n) is 8.42. The summed E-state index contributed by atoms with van der Waals surface area (Å²) < 4.78 is 0. The molecule has 1 aromatic heterocycles. The maximum Gasteiger partial charge on any atom is 0.0702 e. The smallest absolute Gasteiger partial charge is 0.0702 e. The van der Waals surface area contributed by atoms with Crippen LogP contribution in [0.4, 0.5) is 0 Å². The second-order valence-electron chi connectivity index (χ2n) is 10.4. The minimum absolute atomic E-state index is 0.726. The van der Waals surface area contributed by atoms with Gasteiger partial charge in [-0.2, -0.15) is 0 Å². The zero-order chi connectivity index (χ0) is 21.5. The lowest BCUT2D eigenvalue weighted by Gasteiger charge is -2.28. The first-order valence-corrected chi connectivity index (χ1v) is 13.3. The van der Waals surface area contributed by atoms with Crippen LogP contribution in [0.25, 0.3) is 11.3 Å². The van der Waals surface area contributed by atoms with Gasteiger partial charge in [-0.15, -0.1) is 0 Å². The van der Waals surface area contributed by atoms with Crippen molar-refractivity contribution in [2.24, 2.45) is 11.8 Å². The van der Waals surface area contributed by atoms with Crippen molar-refractivity contribution < 1.29 is 0 Å². The lowest BCUT2D eigenvalue weighted by molar-refractivity contribution is 0.302. The van der Waals surface area contributed by atoms with E-state index in [-0.39, 0.29) is 0 Å². The fraction of sp³-hybridized carbons (Fsp3) is 0.633. The standard InChI is InChI=1S/C30H43N/c1-3-5-6-7-24-10-14-27(15-11-24)29-20-21-30(31-22-29)28-18-16-26(17-19-28)25-12-8-23(4-2)9-13-25/h16-25,27H,3-15H2,1-2H3. The third kappa shape index (κ3) is 5.99. The minimum atomic E-state index is 0.726. The monoisotopic (exact) mass is 417 g/mol. The molecule has 2 aliphatic carbocycles. The molecule has 0 N–H and O–H groups in total. The van der Waals surface area contributed by atoms with E-state index in [0.717, 1.165) is 29.4 Å². The van der Waals surface area contributed by atoms with Crippen LogP contribution in [-0.2, 0) is 0 Å². The zero-order valence-corrected chi connectivity index (χ0v) is 20.0. The van der Waals surface area contributed by atoms with Crippen LogP contribution in [0.3, 0.4) is 0 Å². The lowest BCUT2D eigenvalue weighted by atomic mass is 9.77. The highest BCUT2D eigenvalue weighted by atomic mass is 14.7. The van der Waals surface area contributed by atoms with E-state index in [1.165, 1.54) is 100 Å². The van der Waals surface area contributed by atoms with E-state index in [2.05, 4.69) is 56.4 Å². The molecule has 1 aromatic carbocycles. The number of unbranched alkanes of at least 4 members (excludes halogenated alkanes) is 2. The van der Waals surface area contributed by atoms with Crippen LogP contribution < -0.4 is 0 Å². The summed E-state index contributed by atoms with van der Waals surface area (Å²) in [6.45, 7) is 4.65. The van der Waals surface area contributed by atoms with Crippen LogP contribution >= 0.6 is 0 Å². The van der Waals surface area contributed by atoms with Gasteiger partial charge in [0.1, 0.15) is 0 Å². The molecule has 0 unspecified atom stereocenters. The molecule has 0 radical (unpaired) electrons. The Morgan fingerprint density at radius 1 is 0.677 bits per heavy atom. The predicted octanol–water partition coefficient (Wildman–Crippen LogP) is 9.29. The summed E-state index contributed by atoms with van der Waals surface area (Å²) in [5.41, 5.74) is 5.38. The maximum absolute atomic E-state index is 4.87. The van der Waals surface area contributed by atoms with Crippen molar-refractivity contribution in [2.45, 2.75) is 109 Å². The molecular weight excluding hydrogens is 374 g/mol. The Balaban J connectivity index is 1.30. The van der Waals surface area contributed by atoms with E-state index >= 15 is 0 Å². The van der Waals surface area contributed by atoms with Crippen molar-refractivity contribution in [2.75, 3.05) is 0 Å². The fourth-order valence-corrected chi connectivity index (χ4v) is 6.12. The number of aromatic nitrogens is 1. The van der Waals surface area contributed by atoms with E-state index in [1.54, 1.807) is 0 Å². The van der Waals surface area contributed by atoms with Crippen LogP contribution in [0.15, 0.2) is 42.6 Å². The highest BCUT2D eigenvalue weighted by Crippen LogP contribution is 2.39. The summed E-state index contributed by atoms with van der Waals surface area (Å²) >= 11 is 0. The van der Waals surface area contributed by atoms with Crippen molar-refractivity contribution in [1.82, 2.24) is 4.98 Å². The van der Waals surface area contributed by atoms with Gasteiger partial charge in [0.25, 0.3) is 0 Å². The van der Waals surface area contributed by atoms with Crippen molar-refractivity contribution in [3.63, 3.8) is 0 Å². The minimum Gasteiger partial charge on any atom is -0.256 e. The van der Waals surface area contributed by atoms with Gasteiger partial charge in [-0.05, 0) is 92.2 Å². The van der Waals surface area contributed by atoms with Gasteiger partial charge in [-0.3, -0.25) is 4.98 Å². The highest BCUT2D eigenvalue weighted by molar-refractivity contribution is 5.59. The molecule has 31 heavy (non-hydrogen) atoms. The van der Waals surface area contributed by atoms with Gasteiger partial charge in [0.05, 0.1) is 5.69 Å². The molecule has 1 nitrogen and oxygen atoms in total. The van der Waals surface area contributed by atoms with Crippen LogP contribution in [0.1, 0.15) is 120 Å². The van der Waals surface area contributed by atoms with Crippen LogP contribution in [0.2, 0.25) is 0 Å². The Bertz CT molecular complexity index is 759. The molecule has 0 spiro atoms. The summed E-state index contributed by atoms with van der Waals surface area (Å²) in [7, 11) is 0. The van der Waals surface area contributed by atoms with Gasteiger partial charge < -0.3 is 0 Å². The van der Waals surface area contributed by atoms with Crippen molar-refractivity contribution in [3.8, 4) is 11.3 Å². The third-order valence-corrected chi connectivity index (χ3v) is 8.42. The molecule has 4 rings (SSSR count). The number of rotatable bonds is 8. The summed E-state index contributed by atoms with van der Waals surface area (Å²) in [6.07, 6.45) is 20.2. The lowest BCUT2D eigenvalue weighted by Crippen LogP contribution is -2.13. The summed E-state index contributed by atoms with van der Waals surface area (Å²) in [5.74, 6) is 3.44. The summed E-state index contributed by atoms with van der Waals surface area (Å²) in [6, 6.07) is 13.9.